The number of benzene rings is 1. The molecule has 0 heterocycles. The molecule has 0 amide bonds. The third kappa shape index (κ3) is 4.49. The Labute approximate surface area is 122 Å². The van der Waals surface area contributed by atoms with E-state index < -0.39 is 16.0 Å². The summed E-state index contributed by atoms with van der Waals surface area (Å²) in [5.41, 5.74) is -0.153. The van der Waals surface area contributed by atoms with Crippen LogP contribution in [0.2, 0.25) is 5.02 Å². The van der Waals surface area contributed by atoms with E-state index in [-0.39, 0.29) is 22.0 Å². The predicted octanol–water partition coefficient (Wildman–Crippen LogP) is 2.01. The van der Waals surface area contributed by atoms with Crippen LogP contribution >= 0.6 is 11.6 Å². The number of aromatic carboxylic acids is 1. The number of nitrogens with one attached hydrogen (secondary N) is 1. The van der Waals surface area contributed by atoms with Crippen LogP contribution in [0.5, 0.6) is 0 Å². The number of hydrogen-bond acceptors (Lipinski definition) is 4. The van der Waals surface area contributed by atoms with Crippen molar-refractivity contribution in [2.45, 2.75) is 24.2 Å². The maximum atomic E-state index is 12.0. The molecule has 1 aromatic rings. The van der Waals surface area contributed by atoms with Crippen LogP contribution in [0, 0.1) is 11.3 Å². The highest BCUT2D eigenvalue weighted by Gasteiger charge is 2.19. The second-order valence-electron chi connectivity index (χ2n) is 3.96. The number of carboxylic acids is 1. The summed E-state index contributed by atoms with van der Waals surface area (Å²) in [6.45, 7) is 0.164. The van der Waals surface area contributed by atoms with Crippen molar-refractivity contribution in [3.8, 4) is 6.07 Å². The van der Waals surface area contributed by atoms with E-state index in [1.54, 1.807) is 0 Å². The normalized spacial score (nSPS) is 11.0. The van der Waals surface area contributed by atoms with Gasteiger partial charge in [-0.25, -0.2) is 17.9 Å². The van der Waals surface area contributed by atoms with Crippen LogP contribution in [0.4, 0.5) is 0 Å². The number of nitriles is 1. The van der Waals surface area contributed by atoms with Crippen molar-refractivity contribution in [3.63, 3.8) is 0 Å². The first kappa shape index (κ1) is 16.4. The lowest BCUT2D eigenvalue weighted by Gasteiger charge is -2.08. The summed E-state index contributed by atoms with van der Waals surface area (Å²) in [6.07, 6.45) is 1.46. The minimum absolute atomic E-state index is 0.0421. The van der Waals surface area contributed by atoms with Crippen LogP contribution in [0.3, 0.4) is 0 Å². The molecule has 0 saturated carbocycles. The second kappa shape index (κ2) is 7.24. The molecule has 20 heavy (non-hydrogen) atoms. The van der Waals surface area contributed by atoms with Crippen molar-refractivity contribution in [2.75, 3.05) is 6.54 Å². The standard InChI is InChI=1S/C12H13ClN2O4S/c13-10-5-4-9(12(16)17)8-11(10)20(18,19)15-7-3-1-2-6-14/h4-5,8,15H,1-3,7H2,(H,16,17). The van der Waals surface area contributed by atoms with Crippen molar-refractivity contribution in [1.29, 1.82) is 5.26 Å². The van der Waals surface area contributed by atoms with Crippen molar-refractivity contribution >= 4 is 27.6 Å². The van der Waals surface area contributed by atoms with Gasteiger partial charge in [0.2, 0.25) is 10.0 Å². The zero-order valence-electron chi connectivity index (χ0n) is 10.5. The Balaban J connectivity index is 2.84. The van der Waals surface area contributed by atoms with Gasteiger partial charge >= 0.3 is 5.97 Å². The van der Waals surface area contributed by atoms with Gasteiger partial charge in [-0.15, -0.1) is 0 Å². The van der Waals surface area contributed by atoms with Crippen molar-refractivity contribution in [3.05, 3.63) is 28.8 Å². The van der Waals surface area contributed by atoms with Gasteiger partial charge in [-0.1, -0.05) is 11.6 Å². The van der Waals surface area contributed by atoms with Crippen LogP contribution in [0.1, 0.15) is 29.6 Å². The average molecular weight is 317 g/mol. The van der Waals surface area contributed by atoms with Gasteiger partial charge in [-0.2, -0.15) is 5.26 Å². The molecule has 6 nitrogen and oxygen atoms in total. The van der Waals surface area contributed by atoms with Gasteiger partial charge in [-0.3, -0.25) is 0 Å². The Bertz CT molecular complexity index is 637. The largest absolute Gasteiger partial charge is 0.478 e. The highest BCUT2D eigenvalue weighted by molar-refractivity contribution is 7.89. The number of unbranched alkanes of at least 4 members (excludes halogenated alkanes) is 2. The van der Waals surface area contributed by atoms with Gasteiger partial charge in [0, 0.05) is 13.0 Å². The van der Waals surface area contributed by atoms with Crippen molar-refractivity contribution in [2.24, 2.45) is 0 Å². The lowest BCUT2D eigenvalue weighted by Crippen LogP contribution is -2.25. The predicted molar refractivity (Wildman–Crippen MR) is 73.1 cm³/mol. The molecule has 0 radical (unpaired) electrons. The van der Waals surface area contributed by atoms with E-state index in [0.717, 1.165) is 6.07 Å². The van der Waals surface area contributed by atoms with Gasteiger partial charge in [0.1, 0.15) is 4.90 Å². The number of sulfonamides is 1. The van der Waals surface area contributed by atoms with Gasteiger partial charge in [0.05, 0.1) is 16.7 Å². The highest BCUT2D eigenvalue weighted by Crippen LogP contribution is 2.22. The van der Waals surface area contributed by atoms with E-state index in [9.17, 15) is 13.2 Å². The lowest BCUT2D eigenvalue weighted by atomic mass is 10.2. The molecule has 0 aromatic heterocycles. The maximum Gasteiger partial charge on any atom is 0.335 e. The van der Waals surface area contributed by atoms with Crippen LogP contribution in [0.25, 0.3) is 0 Å². The summed E-state index contributed by atoms with van der Waals surface area (Å²) in [4.78, 5) is 10.6. The molecular weight excluding hydrogens is 304 g/mol. The van der Waals surface area contributed by atoms with Gasteiger partial charge in [0.25, 0.3) is 0 Å². The number of carboxylic acid groups (broad SMARTS) is 1. The monoisotopic (exact) mass is 316 g/mol. The zero-order chi connectivity index (χ0) is 15.2. The van der Waals surface area contributed by atoms with E-state index in [2.05, 4.69) is 4.72 Å². The van der Waals surface area contributed by atoms with Crippen LogP contribution < -0.4 is 4.72 Å². The molecule has 1 aromatic carbocycles. The number of nitrogens with zero attached hydrogens (tertiary/aromatic N) is 1. The van der Waals surface area contributed by atoms with Gasteiger partial charge in [-0.05, 0) is 31.0 Å². The Hall–Kier alpha value is -1.62. The smallest absolute Gasteiger partial charge is 0.335 e. The number of hydrogen-bond donors (Lipinski definition) is 2. The van der Waals surface area contributed by atoms with Crippen LogP contribution in [0.15, 0.2) is 23.1 Å². The first-order chi connectivity index (χ1) is 9.38. The quantitative estimate of drug-likeness (QED) is 0.748. The molecule has 8 heteroatoms. The van der Waals surface area contributed by atoms with Crippen molar-refractivity contribution < 1.29 is 18.3 Å². The number of carbonyl (C=O) groups is 1. The molecule has 0 unspecified atom stereocenters. The molecule has 0 atom stereocenters. The second-order valence-corrected chi connectivity index (χ2v) is 6.11. The minimum Gasteiger partial charge on any atom is -0.478 e. The van der Waals surface area contributed by atoms with Crippen LogP contribution in [-0.2, 0) is 10.0 Å². The summed E-state index contributed by atoms with van der Waals surface area (Å²) < 4.78 is 26.3. The average Bonchev–Trinajstić information content (AvgIpc) is 2.38. The van der Waals surface area contributed by atoms with Gasteiger partial charge < -0.3 is 5.11 Å². The van der Waals surface area contributed by atoms with E-state index in [0.29, 0.717) is 19.3 Å². The molecular formula is C12H13ClN2O4S. The molecule has 0 aliphatic heterocycles. The molecule has 0 aliphatic carbocycles. The fourth-order valence-electron chi connectivity index (χ4n) is 1.46. The highest BCUT2D eigenvalue weighted by atomic mass is 35.5. The molecule has 0 spiro atoms. The van der Waals surface area contributed by atoms with Crippen molar-refractivity contribution in [1.82, 2.24) is 4.72 Å². The first-order valence-corrected chi connectivity index (χ1v) is 7.64. The fourth-order valence-corrected chi connectivity index (χ4v) is 3.05. The summed E-state index contributed by atoms with van der Waals surface area (Å²) in [6, 6.07) is 5.44. The lowest BCUT2D eigenvalue weighted by molar-refractivity contribution is 0.0696. The summed E-state index contributed by atoms with van der Waals surface area (Å²) in [7, 11) is -3.86. The SMILES string of the molecule is N#CCCCCNS(=O)(=O)c1cc(C(=O)O)ccc1Cl. The Morgan fingerprint density at radius 3 is 2.70 bits per heavy atom. The Kier molecular flexibility index (Phi) is 5.95. The minimum atomic E-state index is -3.86. The molecule has 108 valence electrons. The third-order valence-corrected chi connectivity index (χ3v) is 4.42. The summed E-state index contributed by atoms with van der Waals surface area (Å²) >= 11 is 5.79. The molecule has 0 saturated heterocycles. The summed E-state index contributed by atoms with van der Waals surface area (Å²) in [5.74, 6) is -1.23. The Morgan fingerprint density at radius 2 is 2.10 bits per heavy atom. The van der Waals surface area contributed by atoms with E-state index in [1.165, 1.54) is 12.1 Å². The molecule has 0 bridgehead atoms. The molecule has 2 N–H and O–H groups in total. The molecule has 0 aliphatic rings. The zero-order valence-corrected chi connectivity index (χ0v) is 12.0. The van der Waals surface area contributed by atoms with Crippen LogP contribution in [-0.4, -0.2) is 26.0 Å². The van der Waals surface area contributed by atoms with E-state index in [1.807, 2.05) is 6.07 Å². The van der Waals surface area contributed by atoms with E-state index in [4.69, 9.17) is 22.0 Å². The van der Waals surface area contributed by atoms with Gasteiger partial charge in [0.15, 0.2) is 0 Å². The Morgan fingerprint density at radius 1 is 1.40 bits per heavy atom. The summed E-state index contributed by atoms with van der Waals surface area (Å²) in [5, 5.41) is 17.2. The first-order valence-electron chi connectivity index (χ1n) is 5.78. The fraction of sp³-hybridized carbons (Fsp3) is 0.333. The third-order valence-electron chi connectivity index (χ3n) is 2.48. The molecule has 0 fully saturated rings. The number of halogens is 1. The van der Waals surface area contributed by atoms with E-state index >= 15 is 0 Å². The topological polar surface area (TPSA) is 107 Å². The number of rotatable bonds is 7. The molecule has 1 rings (SSSR count). The maximum absolute atomic E-state index is 12.0.